The van der Waals surface area contributed by atoms with Crippen LogP contribution in [0.2, 0.25) is 5.02 Å². The van der Waals surface area contributed by atoms with Crippen molar-refractivity contribution in [2.45, 2.75) is 0 Å². The average Bonchev–Trinajstić information content (AvgIpc) is 2.37. The summed E-state index contributed by atoms with van der Waals surface area (Å²) in [6.07, 6.45) is 0. The van der Waals surface area contributed by atoms with E-state index in [0.717, 1.165) is 0 Å². The molecule has 0 aliphatic carbocycles. The number of anilines is 2. The Balaban J connectivity index is 2.14. The van der Waals surface area contributed by atoms with Crippen LogP contribution in [0.1, 0.15) is 10.4 Å². The van der Waals surface area contributed by atoms with E-state index in [0.29, 0.717) is 16.3 Å². The Morgan fingerprint density at radius 3 is 2.29 bits per heavy atom. The molecule has 0 saturated heterocycles. The number of rotatable bonds is 4. The molecular weight excluding hydrogens is 314 g/mol. The highest BCUT2D eigenvalue weighted by Crippen LogP contribution is 2.17. The average molecular weight is 326 g/mol. The van der Waals surface area contributed by atoms with E-state index in [1.54, 1.807) is 36.4 Å². The third kappa shape index (κ3) is 4.75. The molecule has 6 nitrogen and oxygen atoms in total. The normalized spacial score (nSPS) is 11.0. The third-order valence-electron chi connectivity index (χ3n) is 2.49. The first-order valence-corrected chi connectivity index (χ1v) is 7.73. The molecule has 0 unspecified atom stereocenters. The maximum Gasteiger partial charge on any atom is 0.296 e. The van der Waals surface area contributed by atoms with E-state index in [4.69, 9.17) is 16.7 Å². The van der Waals surface area contributed by atoms with Gasteiger partial charge in [-0.1, -0.05) is 17.7 Å². The molecule has 0 atom stereocenters. The number of halogens is 1. The minimum absolute atomic E-state index is 0.256. The van der Waals surface area contributed by atoms with Crippen LogP contribution in [0.25, 0.3) is 0 Å². The van der Waals surface area contributed by atoms with Crippen LogP contribution < -0.4 is 15.2 Å². The number of amides is 1. The molecule has 2 aromatic rings. The van der Waals surface area contributed by atoms with Gasteiger partial charge in [0.1, 0.15) is 0 Å². The minimum atomic E-state index is -3.86. The smallest absolute Gasteiger partial charge is 0.296 e. The molecule has 0 saturated carbocycles. The number of carbonyl (C=O) groups is 1. The third-order valence-corrected chi connectivity index (χ3v) is 3.26. The topological polar surface area (TPSA) is 101 Å². The van der Waals surface area contributed by atoms with E-state index in [1.807, 2.05) is 0 Å². The van der Waals surface area contributed by atoms with E-state index in [9.17, 15) is 13.2 Å². The Labute approximate surface area is 127 Å². The van der Waals surface area contributed by atoms with Gasteiger partial charge >= 0.3 is 0 Å². The fourth-order valence-corrected chi connectivity index (χ4v) is 2.21. The van der Waals surface area contributed by atoms with Crippen molar-refractivity contribution >= 4 is 39.1 Å². The highest BCUT2D eigenvalue weighted by Gasteiger charge is 2.07. The molecule has 2 aromatic carbocycles. The first kappa shape index (κ1) is 15.3. The van der Waals surface area contributed by atoms with E-state index < -0.39 is 10.2 Å². The zero-order valence-electron chi connectivity index (χ0n) is 10.7. The van der Waals surface area contributed by atoms with Crippen LogP contribution in [0.15, 0.2) is 48.5 Å². The van der Waals surface area contributed by atoms with Gasteiger partial charge in [-0.05, 0) is 42.5 Å². The van der Waals surface area contributed by atoms with Crippen LogP contribution >= 0.6 is 11.6 Å². The zero-order chi connectivity index (χ0) is 15.5. The van der Waals surface area contributed by atoms with Gasteiger partial charge in [-0.2, -0.15) is 8.42 Å². The number of hydrogen-bond donors (Lipinski definition) is 3. The molecule has 110 valence electrons. The SMILES string of the molecule is NS(=O)(=O)Nc1cccc(NC(=O)c2ccc(Cl)cc2)c1. The second-order valence-electron chi connectivity index (χ2n) is 4.19. The molecule has 21 heavy (non-hydrogen) atoms. The summed E-state index contributed by atoms with van der Waals surface area (Å²) in [5, 5.41) is 8.06. The van der Waals surface area contributed by atoms with Gasteiger partial charge in [-0.3, -0.25) is 9.52 Å². The van der Waals surface area contributed by atoms with Crippen molar-refractivity contribution in [2.75, 3.05) is 10.0 Å². The molecule has 4 N–H and O–H groups in total. The zero-order valence-corrected chi connectivity index (χ0v) is 12.3. The largest absolute Gasteiger partial charge is 0.322 e. The van der Waals surface area contributed by atoms with Crippen LogP contribution in [0.5, 0.6) is 0 Å². The molecule has 0 heterocycles. The molecule has 1 amide bonds. The first-order chi connectivity index (χ1) is 9.83. The number of nitrogens with one attached hydrogen (secondary N) is 2. The van der Waals surface area contributed by atoms with Crippen LogP contribution in [0, 0.1) is 0 Å². The van der Waals surface area contributed by atoms with Gasteiger partial charge in [0.05, 0.1) is 5.69 Å². The van der Waals surface area contributed by atoms with Crippen LogP contribution in [0.3, 0.4) is 0 Å². The Bertz CT molecular complexity index is 760. The summed E-state index contributed by atoms with van der Waals surface area (Å²) < 4.78 is 24.0. The summed E-state index contributed by atoms with van der Waals surface area (Å²) in [6.45, 7) is 0. The second-order valence-corrected chi connectivity index (χ2v) is 5.92. The molecular formula is C13H12ClN3O3S. The monoisotopic (exact) mass is 325 g/mol. The van der Waals surface area contributed by atoms with Crippen molar-refractivity contribution in [1.29, 1.82) is 0 Å². The fourth-order valence-electron chi connectivity index (χ4n) is 1.63. The van der Waals surface area contributed by atoms with Crippen molar-refractivity contribution in [3.63, 3.8) is 0 Å². The molecule has 0 fully saturated rings. The minimum Gasteiger partial charge on any atom is -0.322 e. The van der Waals surface area contributed by atoms with Gasteiger partial charge in [-0.25, -0.2) is 5.14 Å². The fraction of sp³-hybridized carbons (Fsp3) is 0. The quantitative estimate of drug-likeness (QED) is 0.803. The maximum absolute atomic E-state index is 12.0. The lowest BCUT2D eigenvalue weighted by Gasteiger charge is -2.08. The maximum atomic E-state index is 12.0. The summed E-state index contributed by atoms with van der Waals surface area (Å²) in [6, 6.07) is 12.6. The van der Waals surface area contributed by atoms with E-state index in [-0.39, 0.29) is 11.6 Å². The van der Waals surface area contributed by atoms with Gasteiger partial charge in [0.25, 0.3) is 16.1 Å². The number of benzene rings is 2. The summed E-state index contributed by atoms with van der Waals surface area (Å²) in [5.41, 5.74) is 1.12. The predicted molar refractivity (Wildman–Crippen MR) is 82.6 cm³/mol. The van der Waals surface area contributed by atoms with E-state index in [1.165, 1.54) is 12.1 Å². The van der Waals surface area contributed by atoms with Crippen molar-refractivity contribution in [2.24, 2.45) is 5.14 Å². The van der Waals surface area contributed by atoms with E-state index >= 15 is 0 Å². The Morgan fingerprint density at radius 2 is 1.67 bits per heavy atom. The summed E-state index contributed by atoms with van der Waals surface area (Å²) in [4.78, 5) is 12.0. The van der Waals surface area contributed by atoms with Crippen LogP contribution in [-0.4, -0.2) is 14.3 Å². The van der Waals surface area contributed by atoms with Crippen molar-refractivity contribution in [3.05, 3.63) is 59.1 Å². The van der Waals surface area contributed by atoms with Crippen molar-refractivity contribution < 1.29 is 13.2 Å². The second kappa shape index (κ2) is 6.13. The van der Waals surface area contributed by atoms with Crippen molar-refractivity contribution in [1.82, 2.24) is 0 Å². The lowest BCUT2D eigenvalue weighted by atomic mass is 10.2. The lowest BCUT2D eigenvalue weighted by molar-refractivity contribution is 0.102. The lowest BCUT2D eigenvalue weighted by Crippen LogP contribution is -2.21. The van der Waals surface area contributed by atoms with Crippen molar-refractivity contribution in [3.8, 4) is 0 Å². The molecule has 0 aliphatic rings. The standard InChI is InChI=1S/C13H12ClN3O3S/c14-10-6-4-9(5-7-10)13(18)16-11-2-1-3-12(8-11)17-21(15,19)20/h1-8,17H,(H,16,18)(H2,15,19,20). The first-order valence-electron chi connectivity index (χ1n) is 5.81. The molecule has 0 aromatic heterocycles. The summed E-state index contributed by atoms with van der Waals surface area (Å²) in [5.74, 6) is -0.334. The number of hydrogen-bond acceptors (Lipinski definition) is 3. The number of carbonyl (C=O) groups excluding carboxylic acids is 1. The Morgan fingerprint density at radius 1 is 1.05 bits per heavy atom. The van der Waals surface area contributed by atoms with Gasteiger partial charge < -0.3 is 5.32 Å². The van der Waals surface area contributed by atoms with Gasteiger partial charge in [0, 0.05) is 16.3 Å². The van der Waals surface area contributed by atoms with Gasteiger partial charge in [-0.15, -0.1) is 0 Å². The molecule has 0 aliphatic heterocycles. The predicted octanol–water partition coefficient (Wildman–Crippen LogP) is 2.21. The van der Waals surface area contributed by atoms with Gasteiger partial charge in [0.2, 0.25) is 0 Å². The molecule has 0 spiro atoms. The molecule has 0 radical (unpaired) electrons. The Kier molecular flexibility index (Phi) is 4.46. The molecule has 2 rings (SSSR count). The number of nitrogens with two attached hydrogens (primary N) is 1. The van der Waals surface area contributed by atoms with Gasteiger partial charge in [0.15, 0.2) is 0 Å². The molecule has 8 heteroatoms. The van der Waals surface area contributed by atoms with E-state index in [2.05, 4.69) is 10.0 Å². The highest BCUT2D eigenvalue weighted by atomic mass is 35.5. The summed E-state index contributed by atoms with van der Waals surface area (Å²) in [7, 11) is -3.86. The van der Waals surface area contributed by atoms with Crippen LogP contribution in [-0.2, 0) is 10.2 Å². The van der Waals surface area contributed by atoms with Crippen LogP contribution in [0.4, 0.5) is 11.4 Å². The highest BCUT2D eigenvalue weighted by molar-refractivity contribution is 7.90. The summed E-state index contributed by atoms with van der Waals surface area (Å²) >= 11 is 5.75. The molecule has 0 bridgehead atoms. The Hall–Kier alpha value is -2.09.